The van der Waals surface area contributed by atoms with Crippen molar-refractivity contribution in [2.24, 2.45) is 11.8 Å². The average molecular weight is 238 g/mol. The Morgan fingerprint density at radius 1 is 1.06 bits per heavy atom. The molecule has 3 heteroatoms. The summed E-state index contributed by atoms with van der Waals surface area (Å²) in [4.78, 5) is 0. The van der Waals surface area contributed by atoms with E-state index in [0.717, 1.165) is 22.6 Å². The molecule has 0 spiro atoms. The average Bonchev–Trinajstić information content (AvgIpc) is 2.81. The van der Waals surface area contributed by atoms with Crippen LogP contribution in [-0.2, 0) is 0 Å². The van der Waals surface area contributed by atoms with Crippen LogP contribution in [0.5, 0.6) is 5.75 Å². The third kappa shape index (κ3) is 2.04. The lowest BCUT2D eigenvalue weighted by molar-refractivity contribution is 0.199. The van der Waals surface area contributed by atoms with Crippen LogP contribution in [0.3, 0.4) is 0 Å². The molecule has 2 aliphatic rings. The van der Waals surface area contributed by atoms with Gasteiger partial charge in [0, 0.05) is 5.02 Å². The summed E-state index contributed by atoms with van der Waals surface area (Å²) in [6, 6.07) is 7.67. The van der Waals surface area contributed by atoms with Gasteiger partial charge in [-0.25, -0.2) is 0 Å². The summed E-state index contributed by atoms with van der Waals surface area (Å²) >= 11 is 5.84. The minimum atomic E-state index is 0.401. The lowest BCUT2D eigenvalue weighted by atomic mass is 10.0. The first-order chi connectivity index (χ1) is 7.81. The van der Waals surface area contributed by atoms with Crippen molar-refractivity contribution in [2.45, 2.75) is 18.9 Å². The van der Waals surface area contributed by atoms with Gasteiger partial charge in [0.05, 0.1) is 6.10 Å². The first-order valence-electron chi connectivity index (χ1n) is 5.94. The van der Waals surface area contributed by atoms with E-state index in [1.54, 1.807) is 0 Å². The zero-order valence-corrected chi connectivity index (χ0v) is 9.91. The van der Waals surface area contributed by atoms with Crippen LogP contribution < -0.4 is 10.1 Å². The Morgan fingerprint density at radius 2 is 1.69 bits per heavy atom. The molecule has 0 aromatic heterocycles. The molecule has 16 heavy (non-hydrogen) atoms. The van der Waals surface area contributed by atoms with Crippen molar-refractivity contribution >= 4 is 11.6 Å². The molecule has 86 valence electrons. The number of ether oxygens (including phenoxy) is 1. The molecule has 0 amide bonds. The van der Waals surface area contributed by atoms with E-state index in [9.17, 15) is 0 Å². The molecular weight excluding hydrogens is 222 g/mol. The van der Waals surface area contributed by atoms with Crippen LogP contribution in [0, 0.1) is 11.8 Å². The molecule has 1 aromatic carbocycles. The van der Waals surface area contributed by atoms with Crippen molar-refractivity contribution in [1.82, 2.24) is 5.32 Å². The van der Waals surface area contributed by atoms with Crippen LogP contribution in [-0.4, -0.2) is 19.2 Å². The molecule has 0 unspecified atom stereocenters. The molecule has 1 saturated carbocycles. The van der Waals surface area contributed by atoms with Crippen LogP contribution in [0.4, 0.5) is 0 Å². The zero-order valence-electron chi connectivity index (χ0n) is 9.16. The number of halogens is 1. The highest BCUT2D eigenvalue weighted by Crippen LogP contribution is 2.36. The lowest BCUT2D eigenvalue weighted by Gasteiger charge is -2.14. The summed E-state index contributed by atoms with van der Waals surface area (Å²) in [6.45, 7) is 2.34. The van der Waals surface area contributed by atoms with Crippen LogP contribution in [0.1, 0.15) is 12.8 Å². The third-order valence-electron chi connectivity index (χ3n) is 3.73. The second-order valence-corrected chi connectivity index (χ2v) is 5.28. The SMILES string of the molecule is Clc1ccc(OC2C[C@@H]3CNC[C@H]3C2)cc1. The van der Waals surface area contributed by atoms with Gasteiger partial charge in [-0.1, -0.05) is 11.6 Å². The maximum absolute atomic E-state index is 5.98. The molecular formula is C13H16ClNO. The van der Waals surface area contributed by atoms with E-state index >= 15 is 0 Å². The van der Waals surface area contributed by atoms with Gasteiger partial charge in [0.2, 0.25) is 0 Å². The number of hydrogen-bond donors (Lipinski definition) is 1. The Labute approximate surface area is 101 Å². The van der Waals surface area contributed by atoms with E-state index < -0.39 is 0 Å². The van der Waals surface area contributed by atoms with Gasteiger partial charge in [0.15, 0.2) is 0 Å². The summed E-state index contributed by atoms with van der Waals surface area (Å²) in [5, 5.41) is 4.21. The number of hydrogen-bond acceptors (Lipinski definition) is 2. The normalized spacial score (nSPS) is 29.3. The molecule has 0 radical (unpaired) electrons. The van der Waals surface area contributed by atoms with Gasteiger partial charge in [-0.05, 0) is 62.0 Å². The second-order valence-electron chi connectivity index (χ2n) is 4.84. The summed E-state index contributed by atoms with van der Waals surface area (Å²) in [6.07, 6.45) is 2.79. The zero-order chi connectivity index (χ0) is 11.0. The highest BCUT2D eigenvalue weighted by Gasteiger charge is 2.38. The predicted octanol–water partition coefficient (Wildman–Crippen LogP) is 2.72. The number of rotatable bonds is 2. The number of benzene rings is 1. The molecule has 1 saturated heterocycles. The molecule has 0 bridgehead atoms. The quantitative estimate of drug-likeness (QED) is 0.854. The van der Waals surface area contributed by atoms with Crippen molar-refractivity contribution in [1.29, 1.82) is 0 Å². The van der Waals surface area contributed by atoms with Gasteiger partial charge in [-0.15, -0.1) is 0 Å². The van der Waals surface area contributed by atoms with E-state index in [2.05, 4.69) is 5.32 Å². The van der Waals surface area contributed by atoms with Crippen molar-refractivity contribution in [3.05, 3.63) is 29.3 Å². The Kier molecular flexibility index (Phi) is 2.78. The standard InChI is InChI=1S/C13H16ClNO/c14-11-1-3-12(4-2-11)16-13-5-9-7-15-8-10(9)6-13/h1-4,9-10,13,15H,5-8H2/t9-,10-/m1/s1. The molecule has 1 N–H and O–H groups in total. The summed E-state index contributed by atoms with van der Waals surface area (Å²) in [5.41, 5.74) is 0. The highest BCUT2D eigenvalue weighted by atomic mass is 35.5. The topological polar surface area (TPSA) is 21.3 Å². The summed E-state index contributed by atoms with van der Waals surface area (Å²) in [5.74, 6) is 2.61. The molecule has 1 heterocycles. The van der Waals surface area contributed by atoms with Gasteiger partial charge in [0.1, 0.15) is 5.75 Å². The van der Waals surface area contributed by atoms with Crippen molar-refractivity contribution in [3.63, 3.8) is 0 Å². The van der Waals surface area contributed by atoms with Gasteiger partial charge in [-0.3, -0.25) is 0 Å². The van der Waals surface area contributed by atoms with Gasteiger partial charge in [0.25, 0.3) is 0 Å². The van der Waals surface area contributed by atoms with E-state index in [1.807, 2.05) is 24.3 Å². The third-order valence-corrected chi connectivity index (χ3v) is 3.98. The first kappa shape index (κ1) is 10.4. The fourth-order valence-corrected chi connectivity index (χ4v) is 3.04. The Hall–Kier alpha value is -0.730. The Balaban J connectivity index is 1.62. The molecule has 3 rings (SSSR count). The monoisotopic (exact) mass is 237 g/mol. The van der Waals surface area contributed by atoms with E-state index in [0.29, 0.717) is 6.10 Å². The fourth-order valence-electron chi connectivity index (χ4n) is 2.91. The van der Waals surface area contributed by atoms with Crippen LogP contribution >= 0.6 is 11.6 Å². The smallest absolute Gasteiger partial charge is 0.119 e. The van der Waals surface area contributed by atoms with Crippen molar-refractivity contribution < 1.29 is 4.74 Å². The first-order valence-corrected chi connectivity index (χ1v) is 6.32. The van der Waals surface area contributed by atoms with E-state index in [4.69, 9.17) is 16.3 Å². The molecule has 2 nitrogen and oxygen atoms in total. The predicted molar refractivity (Wildman–Crippen MR) is 65.0 cm³/mol. The van der Waals surface area contributed by atoms with Gasteiger partial charge in [-0.2, -0.15) is 0 Å². The Bertz CT molecular complexity index is 353. The maximum atomic E-state index is 5.98. The fraction of sp³-hybridized carbons (Fsp3) is 0.538. The van der Waals surface area contributed by atoms with Crippen molar-refractivity contribution in [3.8, 4) is 5.75 Å². The van der Waals surface area contributed by atoms with Crippen LogP contribution in [0.15, 0.2) is 24.3 Å². The highest BCUT2D eigenvalue weighted by molar-refractivity contribution is 6.30. The van der Waals surface area contributed by atoms with Crippen molar-refractivity contribution in [2.75, 3.05) is 13.1 Å². The minimum absolute atomic E-state index is 0.401. The molecule has 1 aliphatic heterocycles. The van der Waals surface area contributed by atoms with E-state index in [1.165, 1.54) is 25.9 Å². The molecule has 2 atom stereocenters. The lowest BCUT2D eigenvalue weighted by Crippen LogP contribution is -2.18. The summed E-state index contributed by atoms with van der Waals surface area (Å²) < 4.78 is 5.98. The second kappa shape index (κ2) is 4.27. The molecule has 2 fully saturated rings. The summed E-state index contributed by atoms with van der Waals surface area (Å²) in [7, 11) is 0. The van der Waals surface area contributed by atoms with E-state index in [-0.39, 0.29) is 0 Å². The van der Waals surface area contributed by atoms with Crippen LogP contribution in [0.2, 0.25) is 5.02 Å². The molecule has 1 aliphatic carbocycles. The molecule has 1 aromatic rings. The Morgan fingerprint density at radius 3 is 2.31 bits per heavy atom. The number of nitrogens with one attached hydrogen (secondary N) is 1. The maximum Gasteiger partial charge on any atom is 0.119 e. The largest absolute Gasteiger partial charge is 0.490 e. The minimum Gasteiger partial charge on any atom is -0.490 e. The number of fused-ring (bicyclic) bond motifs is 1. The van der Waals surface area contributed by atoms with Crippen LogP contribution in [0.25, 0.3) is 0 Å². The van der Waals surface area contributed by atoms with Gasteiger partial charge >= 0.3 is 0 Å². The van der Waals surface area contributed by atoms with Gasteiger partial charge < -0.3 is 10.1 Å².